The van der Waals surface area contributed by atoms with Crippen molar-refractivity contribution < 1.29 is 33.5 Å². The van der Waals surface area contributed by atoms with Gasteiger partial charge in [0.1, 0.15) is 0 Å². The molecule has 6 heteroatoms. The first-order valence-electron chi connectivity index (χ1n) is 2.91. The van der Waals surface area contributed by atoms with E-state index in [1.165, 1.54) is 24.6 Å². The summed E-state index contributed by atoms with van der Waals surface area (Å²) in [5.41, 5.74) is 0. The van der Waals surface area contributed by atoms with Crippen LogP contribution in [0.1, 0.15) is 4.88 Å². The third kappa shape index (κ3) is 3.26. The molecule has 4 nitrogen and oxygen atoms in total. The van der Waals surface area contributed by atoms with Gasteiger partial charge in [0.05, 0.1) is 7.11 Å². The molecular formula is C6H6LiNO3S. The van der Waals surface area contributed by atoms with Gasteiger partial charge in [-0.25, -0.2) is 4.98 Å². The van der Waals surface area contributed by atoms with Gasteiger partial charge in [-0.05, 0) is 0 Å². The summed E-state index contributed by atoms with van der Waals surface area (Å²) in [4.78, 5) is 14.5. The van der Waals surface area contributed by atoms with E-state index >= 15 is 0 Å². The van der Waals surface area contributed by atoms with E-state index in [1.807, 2.05) is 0 Å². The van der Waals surface area contributed by atoms with Gasteiger partial charge in [0.2, 0.25) is 0 Å². The molecule has 60 valence electrons. The summed E-state index contributed by atoms with van der Waals surface area (Å²) in [5, 5.41) is 10.6. The molecule has 1 heterocycles. The molecule has 0 N–H and O–H groups in total. The average molecular weight is 179 g/mol. The second-order valence-corrected chi connectivity index (χ2v) is 2.92. The molecule has 1 rings (SSSR count). The summed E-state index contributed by atoms with van der Waals surface area (Å²) in [6.07, 6.45) is 1.38. The maximum Gasteiger partial charge on any atom is 1.00 e. The molecule has 0 saturated heterocycles. The van der Waals surface area contributed by atoms with Crippen LogP contribution in [-0.4, -0.2) is 18.1 Å². The minimum Gasteiger partial charge on any atom is -0.550 e. The summed E-state index contributed by atoms with van der Waals surface area (Å²) < 4.78 is 4.77. The number of carboxylic acids is 1. The standard InChI is InChI=1S/C6H7NO3S.Li/c1-10-6-7-3-4(11-6)2-5(8)9;/h3H,2H2,1H3,(H,8,9);/q;+1/p-1. The van der Waals surface area contributed by atoms with Crippen LogP contribution < -0.4 is 28.7 Å². The van der Waals surface area contributed by atoms with Crippen molar-refractivity contribution in [2.45, 2.75) is 6.42 Å². The van der Waals surface area contributed by atoms with Gasteiger partial charge in [0.25, 0.3) is 5.19 Å². The van der Waals surface area contributed by atoms with E-state index in [2.05, 4.69) is 4.98 Å². The zero-order valence-electron chi connectivity index (χ0n) is 6.86. The Hall–Kier alpha value is -0.503. The molecule has 0 fully saturated rings. The third-order valence-electron chi connectivity index (χ3n) is 1.03. The summed E-state index contributed by atoms with van der Waals surface area (Å²) in [5.74, 6) is -1.10. The summed E-state index contributed by atoms with van der Waals surface area (Å²) in [6, 6.07) is 0. The quantitative estimate of drug-likeness (QED) is 0.451. The molecule has 0 saturated carbocycles. The van der Waals surface area contributed by atoms with E-state index in [0.29, 0.717) is 10.1 Å². The van der Waals surface area contributed by atoms with Crippen molar-refractivity contribution in [3.63, 3.8) is 0 Å². The number of nitrogens with zero attached hydrogens (tertiary/aromatic N) is 1. The predicted molar refractivity (Wildman–Crippen MR) is 37.4 cm³/mol. The molecule has 0 aromatic carbocycles. The van der Waals surface area contributed by atoms with Crippen molar-refractivity contribution in [1.82, 2.24) is 4.98 Å². The summed E-state index contributed by atoms with van der Waals surface area (Å²) >= 11 is 1.21. The molecule has 12 heavy (non-hydrogen) atoms. The molecule has 0 spiro atoms. The van der Waals surface area contributed by atoms with Crippen LogP contribution in [0.4, 0.5) is 0 Å². The van der Waals surface area contributed by atoms with E-state index in [0.717, 1.165) is 0 Å². The SMILES string of the molecule is COc1ncc(CC(=O)[O-])s1.[Li+]. The van der Waals surface area contributed by atoms with Crippen LogP contribution in [0.3, 0.4) is 0 Å². The molecule has 0 unspecified atom stereocenters. The van der Waals surface area contributed by atoms with E-state index in [-0.39, 0.29) is 25.3 Å². The molecule has 0 radical (unpaired) electrons. The summed E-state index contributed by atoms with van der Waals surface area (Å²) in [6.45, 7) is 0. The topological polar surface area (TPSA) is 62.2 Å². The Labute approximate surface area is 85.8 Å². The van der Waals surface area contributed by atoms with E-state index in [1.54, 1.807) is 0 Å². The van der Waals surface area contributed by atoms with Crippen LogP contribution in [0.2, 0.25) is 0 Å². The summed E-state index contributed by atoms with van der Waals surface area (Å²) in [7, 11) is 1.49. The first-order chi connectivity index (χ1) is 5.22. The van der Waals surface area contributed by atoms with Crippen molar-refractivity contribution in [2.75, 3.05) is 7.11 Å². The molecule has 0 atom stereocenters. The molecule has 0 amide bonds. The Morgan fingerprint density at radius 2 is 2.50 bits per heavy atom. The number of carbonyl (C=O) groups is 1. The van der Waals surface area contributed by atoms with Crippen LogP contribution in [-0.2, 0) is 11.2 Å². The monoisotopic (exact) mass is 179 g/mol. The molecule has 0 bridgehead atoms. The van der Waals surface area contributed by atoms with Crippen LogP contribution in [0.5, 0.6) is 5.19 Å². The van der Waals surface area contributed by atoms with E-state index in [9.17, 15) is 9.90 Å². The molecule has 1 aromatic rings. The molecule has 0 aliphatic carbocycles. The van der Waals surface area contributed by atoms with Crippen LogP contribution >= 0.6 is 11.3 Å². The number of hydrogen-bond acceptors (Lipinski definition) is 5. The fraction of sp³-hybridized carbons (Fsp3) is 0.333. The van der Waals surface area contributed by atoms with Crippen molar-refractivity contribution in [3.8, 4) is 5.19 Å². The fourth-order valence-corrected chi connectivity index (χ4v) is 1.32. The van der Waals surface area contributed by atoms with Gasteiger partial charge >= 0.3 is 18.9 Å². The van der Waals surface area contributed by atoms with Gasteiger partial charge in [-0.15, -0.1) is 0 Å². The Morgan fingerprint density at radius 1 is 1.83 bits per heavy atom. The number of hydrogen-bond donors (Lipinski definition) is 0. The number of ether oxygens (including phenoxy) is 1. The fourth-order valence-electron chi connectivity index (χ4n) is 0.608. The van der Waals surface area contributed by atoms with Crippen molar-refractivity contribution >= 4 is 17.3 Å². The molecule has 1 aromatic heterocycles. The average Bonchev–Trinajstić information content (AvgIpc) is 2.34. The maximum atomic E-state index is 10.1. The van der Waals surface area contributed by atoms with Crippen molar-refractivity contribution in [1.29, 1.82) is 0 Å². The van der Waals surface area contributed by atoms with Crippen LogP contribution in [0.15, 0.2) is 6.20 Å². The van der Waals surface area contributed by atoms with Gasteiger partial charge < -0.3 is 14.6 Å². The molecule has 0 aliphatic heterocycles. The zero-order valence-corrected chi connectivity index (χ0v) is 7.68. The van der Waals surface area contributed by atoms with Crippen molar-refractivity contribution in [2.24, 2.45) is 0 Å². The van der Waals surface area contributed by atoms with E-state index in [4.69, 9.17) is 4.74 Å². The Morgan fingerprint density at radius 3 is 2.92 bits per heavy atom. The number of aliphatic carboxylic acids is 1. The number of rotatable bonds is 3. The third-order valence-corrected chi connectivity index (χ3v) is 1.98. The zero-order chi connectivity index (χ0) is 8.27. The van der Waals surface area contributed by atoms with Gasteiger partial charge in [0.15, 0.2) is 0 Å². The Balaban J connectivity index is 0.00000121. The molecular weight excluding hydrogens is 173 g/mol. The normalized spacial score (nSPS) is 8.75. The maximum absolute atomic E-state index is 10.1. The van der Waals surface area contributed by atoms with Crippen LogP contribution in [0.25, 0.3) is 0 Å². The second-order valence-electron chi connectivity index (χ2n) is 1.85. The number of aromatic nitrogens is 1. The second kappa shape index (κ2) is 5.20. The minimum absolute atomic E-state index is 0. The number of methoxy groups -OCH3 is 1. The smallest absolute Gasteiger partial charge is 0.550 e. The first-order valence-corrected chi connectivity index (χ1v) is 3.72. The predicted octanol–water partition coefficient (Wildman–Crippen LogP) is -3.55. The van der Waals surface area contributed by atoms with Crippen LogP contribution in [0, 0.1) is 0 Å². The first kappa shape index (κ1) is 11.5. The Bertz CT molecular complexity index is 263. The van der Waals surface area contributed by atoms with E-state index < -0.39 is 5.97 Å². The number of carboxylic acid groups (broad SMARTS) is 1. The Kier molecular flexibility index (Phi) is 4.98. The molecule has 0 aliphatic rings. The largest absolute Gasteiger partial charge is 1.00 e. The number of thiazole rings is 1. The van der Waals surface area contributed by atoms with Gasteiger partial charge in [-0.1, -0.05) is 11.3 Å². The van der Waals surface area contributed by atoms with Gasteiger partial charge in [-0.3, -0.25) is 0 Å². The number of carbonyl (C=O) groups excluding carboxylic acids is 1. The van der Waals surface area contributed by atoms with Gasteiger partial charge in [0, 0.05) is 23.5 Å². The van der Waals surface area contributed by atoms with Gasteiger partial charge in [-0.2, -0.15) is 0 Å². The minimum atomic E-state index is -1.10. The van der Waals surface area contributed by atoms with Crippen molar-refractivity contribution in [3.05, 3.63) is 11.1 Å².